The van der Waals surface area contributed by atoms with Crippen LogP contribution in [0, 0.1) is 6.92 Å². The van der Waals surface area contributed by atoms with Gasteiger partial charge in [-0.3, -0.25) is 9.36 Å². The number of amides is 1. The maximum atomic E-state index is 13.3. The number of benzene rings is 3. The van der Waals surface area contributed by atoms with Gasteiger partial charge >= 0.3 is 0 Å². The standard InChI is InChI=1S/C25H20ClN5O/c1-15-6-2-5-9-20(15)31-23(27)21(25(32)28-14-16-10-12-17(26)13-11-16)22-24(31)30-19-8-4-3-7-18(19)29-22/h2-13H,14,27H2,1H3,(H,28,32). The summed E-state index contributed by atoms with van der Waals surface area (Å²) < 4.78 is 1.81. The molecule has 2 aromatic heterocycles. The van der Waals surface area contributed by atoms with Crippen LogP contribution in [0.3, 0.4) is 0 Å². The third-order valence-corrected chi connectivity index (χ3v) is 5.70. The molecular weight excluding hydrogens is 422 g/mol. The highest BCUT2D eigenvalue weighted by molar-refractivity contribution is 6.30. The normalized spacial score (nSPS) is 11.2. The van der Waals surface area contributed by atoms with Crippen molar-refractivity contribution < 1.29 is 4.79 Å². The van der Waals surface area contributed by atoms with Crippen LogP contribution in [-0.2, 0) is 6.54 Å². The van der Waals surface area contributed by atoms with E-state index in [0.29, 0.717) is 39.6 Å². The van der Waals surface area contributed by atoms with Crippen LogP contribution >= 0.6 is 11.6 Å². The molecular formula is C25H20ClN5O. The van der Waals surface area contributed by atoms with E-state index in [9.17, 15) is 4.79 Å². The van der Waals surface area contributed by atoms with Gasteiger partial charge in [-0.05, 0) is 48.4 Å². The van der Waals surface area contributed by atoms with Gasteiger partial charge in [0, 0.05) is 11.6 Å². The number of halogens is 1. The number of aryl methyl sites for hydroxylation is 1. The van der Waals surface area contributed by atoms with Gasteiger partial charge < -0.3 is 11.1 Å². The van der Waals surface area contributed by atoms with E-state index in [1.807, 2.05) is 67.6 Å². The number of nitrogens with two attached hydrogens (primary N) is 1. The lowest BCUT2D eigenvalue weighted by atomic mass is 10.2. The summed E-state index contributed by atoms with van der Waals surface area (Å²) in [5, 5.41) is 3.60. The lowest BCUT2D eigenvalue weighted by Crippen LogP contribution is -2.24. The smallest absolute Gasteiger partial charge is 0.257 e. The maximum absolute atomic E-state index is 13.3. The number of nitrogens with zero attached hydrogens (tertiary/aromatic N) is 3. The van der Waals surface area contributed by atoms with E-state index in [-0.39, 0.29) is 5.91 Å². The van der Waals surface area contributed by atoms with Crippen LogP contribution in [0.5, 0.6) is 0 Å². The first kappa shape index (κ1) is 20.0. The van der Waals surface area contributed by atoms with Crippen LogP contribution in [0.25, 0.3) is 27.9 Å². The van der Waals surface area contributed by atoms with Gasteiger partial charge in [0.2, 0.25) is 0 Å². The Balaban J connectivity index is 1.66. The lowest BCUT2D eigenvalue weighted by molar-refractivity contribution is 0.0953. The average Bonchev–Trinajstić information content (AvgIpc) is 3.08. The molecule has 0 radical (unpaired) electrons. The summed E-state index contributed by atoms with van der Waals surface area (Å²) in [5.41, 5.74) is 12.1. The Morgan fingerprint density at radius 2 is 1.62 bits per heavy atom. The van der Waals surface area contributed by atoms with Crippen molar-refractivity contribution in [2.24, 2.45) is 0 Å². The van der Waals surface area contributed by atoms with Crippen molar-refractivity contribution in [1.82, 2.24) is 19.9 Å². The third-order valence-electron chi connectivity index (χ3n) is 5.45. The SMILES string of the molecule is Cc1ccccc1-n1c(N)c(C(=O)NCc2ccc(Cl)cc2)c2nc3ccccc3nc21. The predicted octanol–water partition coefficient (Wildman–Crippen LogP) is 5.05. The highest BCUT2D eigenvalue weighted by atomic mass is 35.5. The van der Waals surface area contributed by atoms with Crippen molar-refractivity contribution in [2.45, 2.75) is 13.5 Å². The first-order valence-corrected chi connectivity index (χ1v) is 10.6. The number of carbonyl (C=O) groups excluding carboxylic acids is 1. The molecule has 0 aliphatic carbocycles. The number of rotatable bonds is 4. The van der Waals surface area contributed by atoms with E-state index < -0.39 is 0 Å². The van der Waals surface area contributed by atoms with E-state index in [0.717, 1.165) is 22.3 Å². The number of hydrogen-bond acceptors (Lipinski definition) is 4. The summed E-state index contributed by atoms with van der Waals surface area (Å²) in [6.45, 7) is 2.34. The number of nitrogen functional groups attached to an aromatic ring is 1. The molecule has 0 spiro atoms. The second kappa shape index (κ2) is 7.98. The van der Waals surface area contributed by atoms with Crippen LogP contribution in [0.1, 0.15) is 21.5 Å². The fourth-order valence-corrected chi connectivity index (χ4v) is 3.94. The molecule has 158 valence electrons. The zero-order valence-corrected chi connectivity index (χ0v) is 18.1. The van der Waals surface area contributed by atoms with Gasteiger partial charge in [0.25, 0.3) is 5.91 Å². The number of para-hydroxylation sites is 3. The van der Waals surface area contributed by atoms with Gasteiger partial charge in [-0.25, -0.2) is 9.97 Å². The summed E-state index contributed by atoms with van der Waals surface area (Å²) >= 11 is 5.96. The minimum absolute atomic E-state index is 0.304. The van der Waals surface area contributed by atoms with Crippen LogP contribution in [0.2, 0.25) is 5.02 Å². The van der Waals surface area contributed by atoms with Crippen molar-refractivity contribution in [2.75, 3.05) is 5.73 Å². The van der Waals surface area contributed by atoms with E-state index in [1.165, 1.54) is 0 Å². The minimum atomic E-state index is -0.306. The molecule has 3 aromatic carbocycles. The molecule has 0 bridgehead atoms. The Morgan fingerprint density at radius 3 is 2.34 bits per heavy atom. The predicted molar refractivity (Wildman–Crippen MR) is 128 cm³/mol. The lowest BCUT2D eigenvalue weighted by Gasteiger charge is -2.11. The molecule has 0 atom stereocenters. The van der Waals surface area contributed by atoms with Gasteiger partial charge in [-0.15, -0.1) is 0 Å². The van der Waals surface area contributed by atoms with E-state index in [2.05, 4.69) is 5.32 Å². The van der Waals surface area contributed by atoms with Gasteiger partial charge in [-0.1, -0.05) is 54.1 Å². The molecule has 0 fully saturated rings. The van der Waals surface area contributed by atoms with E-state index in [4.69, 9.17) is 27.3 Å². The Labute approximate surface area is 189 Å². The van der Waals surface area contributed by atoms with Gasteiger partial charge in [-0.2, -0.15) is 0 Å². The molecule has 0 aliphatic heterocycles. The van der Waals surface area contributed by atoms with Crippen molar-refractivity contribution >= 4 is 45.5 Å². The third kappa shape index (κ3) is 3.44. The summed E-state index contributed by atoms with van der Waals surface area (Å²) in [7, 11) is 0. The van der Waals surface area contributed by atoms with Crippen LogP contribution in [-0.4, -0.2) is 20.4 Å². The second-order valence-electron chi connectivity index (χ2n) is 7.58. The zero-order valence-electron chi connectivity index (χ0n) is 17.3. The van der Waals surface area contributed by atoms with Crippen molar-refractivity contribution in [3.8, 4) is 5.69 Å². The molecule has 32 heavy (non-hydrogen) atoms. The Kier molecular flexibility index (Phi) is 4.99. The topological polar surface area (TPSA) is 85.8 Å². The highest BCUT2D eigenvalue weighted by Crippen LogP contribution is 2.32. The molecule has 7 heteroatoms. The summed E-state index contributed by atoms with van der Waals surface area (Å²) in [5.74, 6) is -0.00224. The zero-order chi connectivity index (χ0) is 22.2. The van der Waals surface area contributed by atoms with Crippen molar-refractivity contribution in [3.05, 3.63) is 94.5 Å². The summed E-state index contributed by atoms with van der Waals surface area (Å²) in [4.78, 5) is 22.9. The van der Waals surface area contributed by atoms with Crippen molar-refractivity contribution in [1.29, 1.82) is 0 Å². The maximum Gasteiger partial charge on any atom is 0.257 e. The number of fused-ring (bicyclic) bond motifs is 2. The molecule has 5 rings (SSSR count). The van der Waals surface area contributed by atoms with E-state index in [1.54, 1.807) is 16.7 Å². The monoisotopic (exact) mass is 441 g/mol. The molecule has 5 aromatic rings. The molecule has 0 saturated carbocycles. The number of nitrogens with one attached hydrogen (secondary N) is 1. The first-order valence-electron chi connectivity index (χ1n) is 10.2. The van der Waals surface area contributed by atoms with Gasteiger partial charge in [0.05, 0.1) is 16.7 Å². The Hall–Kier alpha value is -3.90. The fraction of sp³-hybridized carbons (Fsp3) is 0.0800. The summed E-state index contributed by atoms with van der Waals surface area (Å²) in [6, 6.07) is 22.7. The van der Waals surface area contributed by atoms with E-state index >= 15 is 0 Å². The number of aromatic nitrogens is 3. The molecule has 0 aliphatic rings. The van der Waals surface area contributed by atoms with Gasteiger partial charge in [0.15, 0.2) is 5.65 Å². The number of hydrogen-bond donors (Lipinski definition) is 2. The fourth-order valence-electron chi connectivity index (χ4n) is 3.82. The Bertz CT molecular complexity index is 1470. The number of anilines is 1. The number of carbonyl (C=O) groups is 1. The molecule has 0 unspecified atom stereocenters. The first-order chi connectivity index (χ1) is 15.5. The van der Waals surface area contributed by atoms with Crippen molar-refractivity contribution in [3.63, 3.8) is 0 Å². The average molecular weight is 442 g/mol. The largest absolute Gasteiger partial charge is 0.384 e. The van der Waals surface area contributed by atoms with Crippen LogP contribution < -0.4 is 11.1 Å². The quantitative estimate of drug-likeness (QED) is 0.408. The molecule has 2 heterocycles. The van der Waals surface area contributed by atoms with Crippen LogP contribution in [0.4, 0.5) is 5.82 Å². The van der Waals surface area contributed by atoms with Crippen LogP contribution in [0.15, 0.2) is 72.8 Å². The highest BCUT2D eigenvalue weighted by Gasteiger charge is 2.25. The Morgan fingerprint density at radius 1 is 0.969 bits per heavy atom. The molecule has 3 N–H and O–H groups in total. The second-order valence-corrected chi connectivity index (χ2v) is 8.01. The van der Waals surface area contributed by atoms with Gasteiger partial charge in [0.1, 0.15) is 16.9 Å². The molecule has 1 amide bonds. The molecule has 6 nitrogen and oxygen atoms in total. The summed E-state index contributed by atoms with van der Waals surface area (Å²) in [6.07, 6.45) is 0. The molecule has 0 saturated heterocycles. The minimum Gasteiger partial charge on any atom is -0.384 e.